The van der Waals surface area contributed by atoms with E-state index in [0.29, 0.717) is 5.69 Å². The van der Waals surface area contributed by atoms with Gasteiger partial charge in [-0.2, -0.15) is 13.2 Å². The van der Waals surface area contributed by atoms with Crippen LogP contribution in [0, 0.1) is 18.2 Å². The highest BCUT2D eigenvalue weighted by Gasteiger charge is 2.53. The lowest BCUT2D eigenvalue weighted by atomic mass is 9.71. The maximum absolute atomic E-state index is 13.4. The monoisotopic (exact) mass is 458 g/mol. The van der Waals surface area contributed by atoms with Crippen molar-refractivity contribution >= 4 is 28.9 Å². The molecule has 4 rings (SSSR count). The van der Waals surface area contributed by atoms with Crippen molar-refractivity contribution in [2.45, 2.75) is 32.5 Å². The van der Waals surface area contributed by atoms with Crippen molar-refractivity contribution in [1.82, 2.24) is 4.90 Å². The maximum Gasteiger partial charge on any atom is 0.490 e. The van der Waals surface area contributed by atoms with Crippen LogP contribution in [0.3, 0.4) is 0 Å². The van der Waals surface area contributed by atoms with Gasteiger partial charge in [0, 0.05) is 28.5 Å². The van der Waals surface area contributed by atoms with Crippen molar-refractivity contribution in [3.05, 3.63) is 52.0 Å². The predicted molar refractivity (Wildman–Crippen MR) is 108 cm³/mol. The zero-order valence-electron chi connectivity index (χ0n) is 16.8. The number of anilines is 1. The molecule has 0 unspecified atom stereocenters. The van der Waals surface area contributed by atoms with Crippen LogP contribution in [-0.2, 0) is 16.1 Å². The number of β-lactam (4-membered cyclic amide) rings is 1. The molecule has 1 N–H and O–H groups in total. The molecule has 0 saturated carbocycles. The van der Waals surface area contributed by atoms with Crippen LogP contribution in [-0.4, -0.2) is 47.7 Å². The van der Waals surface area contributed by atoms with E-state index in [2.05, 4.69) is 24.0 Å². The first-order valence-electron chi connectivity index (χ1n) is 9.65. The number of aryl methyl sites for hydroxylation is 1. The molecule has 3 heterocycles. The van der Waals surface area contributed by atoms with E-state index in [1.54, 1.807) is 11.0 Å². The van der Waals surface area contributed by atoms with Crippen LogP contribution in [0.1, 0.15) is 22.6 Å². The van der Waals surface area contributed by atoms with Crippen LogP contribution in [0.5, 0.6) is 0 Å². The molecule has 1 aromatic carbocycles. The number of likely N-dealkylation sites (tertiary alicyclic amines) is 1. The number of hydrogen-bond acceptors (Lipinski definition) is 4. The minimum absolute atomic E-state index is 0.166. The Bertz CT molecular complexity index is 952. The molecule has 1 aromatic heterocycles. The molecule has 0 aliphatic carbocycles. The van der Waals surface area contributed by atoms with Crippen molar-refractivity contribution in [1.29, 1.82) is 0 Å². The van der Waals surface area contributed by atoms with E-state index in [9.17, 15) is 22.4 Å². The number of carboxylic acid groups (broad SMARTS) is 1. The molecular weight excluding hydrogens is 436 g/mol. The van der Waals surface area contributed by atoms with Crippen molar-refractivity contribution < 1.29 is 32.3 Å². The Morgan fingerprint density at radius 1 is 1.19 bits per heavy atom. The molecule has 5 nitrogen and oxygen atoms in total. The van der Waals surface area contributed by atoms with Crippen molar-refractivity contribution in [2.24, 2.45) is 5.41 Å². The second-order valence-corrected chi connectivity index (χ2v) is 9.12. The van der Waals surface area contributed by atoms with Crippen LogP contribution >= 0.6 is 11.3 Å². The van der Waals surface area contributed by atoms with Gasteiger partial charge in [-0.3, -0.25) is 9.69 Å². The van der Waals surface area contributed by atoms with Gasteiger partial charge in [0.1, 0.15) is 5.82 Å². The number of carbonyl (C=O) groups is 2. The lowest BCUT2D eigenvalue weighted by molar-refractivity contribution is -0.192. The summed E-state index contributed by atoms with van der Waals surface area (Å²) in [4.78, 5) is 28.5. The van der Waals surface area contributed by atoms with E-state index < -0.39 is 12.1 Å². The zero-order valence-corrected chi connectivity index (χ0v) is 17.6. The smallest absolute Gasteiger partial charge is 0.475 e. The average Bonchev–Trinajstić information content (AvgIpc) is 3.11. The van der Waals surface area contributed by atoms with E-state index in [-0.39, 0.29) is 17.1 Å². The van der Waals surface area contributed by atoms with E-state index in [1.807, 2.05) is 17.4 Å². The van der Waals surface area contributed by atoms with Gasteiger partial charge in [0.15, 0.2) is 0 Å². The summed E-state index contributed by atoms with van der Waals surface area (Å²) in [7, 11) is 0. The number of alkyl halides is 3. The Hall–Kier alpha value is -2.46. The molecule has 0 radical (unpaired) electrons. The number of rotatable bonds is 3. The average molecular weight is 458 g/mol. The van der Waals surface area contributed by atoms with Gasteiger partial charge < -0.3 is 10.0 Å². The second kappa shape index (κ2) is 8.96. The van der Waals surface area contributed by atoms with Crippen molar-refractivity contribution in [3.63, 3.8) is 0 Å². The minimum Gasteiger partial charge on any atom is -0.475 e. The molecule has 31 heavy (non-hydrogen) atoms. The number of hydrogen-bond donors (Lipinski definition) is 1. The van der Waals surface area contributed by atoms with Gasteiger partial charge in [0.05, 0.1) is 5.41 Å². The summed E-state index contributed by atoms with van der Waals surface area (Å²) in [6, 6.07) is 10.7. The second-order valence-electron chi connectivity index (χ2n) is 7.74. The number of amides is 1. The summed E-state index contributed by atoms with van der Waals surface area (Å²) in [5.74, 6) is -2.88. The number of carbonyl (C=O) groups excluding carboxylic acids is 1. The van der Waals surface area contributed by atoms with E-state index >= 15 is 0 Å². The van der Waals surface area contributed by atoms with Crippen LogP contribution in [0.2, 0.25) is 0 Å². The van der Waals surface area contributed by atoms with Crippen molar-refractivity contribution in [3.8, 4) is 0 Å². The number of nitrogens with zero attached hydrogens (tertiary/aromatic N) is 2. The SMILES string of the molecule is Cc1ccc(CN2CCC3(CC2)CN(c2cccc(F)c2)C3=O)s1.O=C(O)C(F)(F)F. The van der Waals surface area contributed by atoms with Crippen LogP contribution in [0.15, 0.2) is 36.4 Å². The summed E-state index contributed by atoms with van der Waals surface area (Å²) in [6.45, 7) is 5.75. The summed E-state index contributed by atoms with van der Waals surface area (Å²) in [5, 5.41) is 7.12. The fraction of sp³-hybridized carbons (Fsp3) is 0.429. The molecule has 2 aliphatic rings. The third-order valence-corrected chi connectivity index (χ3v) is 6.50. The van der Waals surface area contributed by atoms with Crippen LogP contribution < -0.4 is 4.90 Å². The standard InChI is InChI=1S/C19H21FN2OS.C2HF3O2/c1-14-5-6-17(24-14)12-21-9-7-19(8-10-21)13-22(18(19)23)16-4-2-3-15(20)11-16;3-2(4,5)1(6)7/h2-6,11H,7-10,12-13H2,1H3;(H,6,7). The molecule has 168 valence electrons. The Morgan fingerprint density at radius 2 is 1.84 bits per heavy atom. The Morgan fingerprint density at radius 3 is 2.32 bits per heavy atom. The summed E-state index contributed by atoms with van der Waals surface area (Å²) < 4.78 is 45.1. The highest BCUT2D eigenvalue weighted by Crippen LogP contribution is 2.44. The Labute approximate surface area is 180 Å². The lowest BCUT2D eigenvalue weighted by Crippen LogP contribution is -2.64. The molecule has 2 aromatic rings. The normalized spacial score (nSPS) is 18.4. The largest absolute Gasteiger partial charge is 0.490 e. The van der Waals surface area contributed by atoms with Gasteiger partial charge in [-0.15, -0.1) is 11.3 Å². The van der Waals surface area contributed by atoms with Crippen LogP contribution in [0.4, 0.5) is 23.2 Å². The van der Waals surface area contributed by atoms with Gasteiger partial charge in [-0.1, -0.05) is 6.07 Å². The Balaban J connectivity index is 0.000000339. The zero-order chi connectivity index (χ0) is 22.8. The number of piperidine rings is 1. The number of carboxylic acids is 1. The lowest BCUT2D eigenvalue weighted by Gasteiger charge is -2.52. The minimum atomic E-state index is -5.08. The fourth-order valence-corrected chi connectivity index (χ4v) is 4.72. The van der Waals surface area contributed by atoms with Gasteiger partial charge in [-0.05, 0) is 63.2 Å². The maximum atomic E-state index is 13.4. The third kappa shape index (κ3) is 5.43. The summed E-state index contributed by atoms with van der Waals surface area (Å²) in [6.07, 6.45) is -3.27. The quantitative estimate of drug-likeness (QED) is 0.545. The van der Waals surface area contributed by atoms with Gasteiger partial charge in [0.25, 0.3) is 0 Å². The molecule has 1 spiro atoms. The highest BCUT2D eigenvalue weighted by molar-refractivity contribution is 7.11. The number of halogens is 4. The third-order valence-electron chi connectivity index (χ3n) is 5.51. The van der Waals surface area contributed by atoms with Gasteiger partial charge in [0.2, 0.25) is 5.91 Å². The Kier molecular flexibility index (Phi) is 6.70. The van der Waals surface area contributed by atoms with E-state index in [0.717, 1.165) is 39.0 Å². The summed E-state index contributed by atoms with van der Waals surface area (Å²) in [5.41, 5.74) is 0.468. The summed E-state index contributed by atoms with van der Waals surface area (Å²) >= 11 is 1.85. The first-order chi connectivity index (χ1) is 14.5. The first-order valence-corrected chi connectivity index (χ1v) is 10.5. The number of thiophene rings is 1. The molecule has 2 aliphatic heterocycles. The van der Waals surface area contributed by atoms with E-state index in [4.69, 9.17) is 9.90 Å². The molecule has 0 atom stereocenters. The highest BCUT2D eigenvalue weighted by atomic mass is 32.1. The van der Waals surface area contributed by atoms with E-state index in [1.165, 1.54) is 21.9 Å². The van der Waals surface area contributed by atoms with Gasteiger partial charge >= 0.3 is 12.1 Å². The molecule has 10 heteroatoms. The molecule has 2 fully saturated rings. The molecule has 2 saturated heterocycles. The first kappa shape index (κ1) is 23.2. The molecule has 1 amide bonds. The fourth-order valence-electron chi connectivity index (χ4n) is 3.79. The molecule has 0 bridgehead atoms. The molecular formula is C21H22F4N2O3S. The number of aliphatic carboxylic acids is 1. The van der Waals surface area contributed by atoms with Crippen LogP contribution in [0.25, 0.3) is 0 Å². The predicted octanol–water partition coefficient (Wildman–Crippen LogP) is 4.46. The van der Waals surface area contributed by atoms with Gasteiger partial charge in [-0.25, -0.2) is 9.18 Å². The van der Waals surface area contributed by atoms with Crippen molar-refractivity contribution in [2.75, 3.05) is 24.5 Å². The number of benzene rings is 1. The topological polar surface area (TPSA) is 60.9 Å².